The van der Waals surface area contributed by atoms with Crippen molar-refractivity contribution in [1.82, 2.24) is 4.98 Å². The van der Waals surface area contributed by atoms with Crippen molar-refractivity contribution < 1.29 is 9.18 Å². The molecule has 0 aliphatic rings. The van der Waals surface area contributed by atoms with Crippen molar-refractivity contribution in [3.05, 3.63) is 71.7 Å². The van der Waals surface area contributed by atoms with Crippen LogP contribution in [0.25, 0.3) is 10.9 Å². The standard InChI is InChI=1S/C24H27FN2O/c1-16-19-11-8-12-20(25)22(19)26-15-21(16)27-23(28)18(14-24(2,3)4)13-17-9-6-5-7-10-17/h5-12,15,18H,13-14H2,1-4H3,(H,27,28)/t18-/m0/s1. The summed E-state index contributed by atoms with van der Waals surface area (Å²) in [6, 6.07) is 14.9. The van der Waals surface area contributed by atoms with Crippen LogP contribution in [0.1, 0.15) is 38.3 Å². The van der Waals surface area contributed by atoms with E-state index in [1.807, 2.05) is 31.2 Å². The Labute approximate surface area is 166 Å². The molecule has 0 aliphatic heterocycles. The molecular weight excluding hydrogens is 351 g/mol. The number of hydrogen-bond acceptors (Lipinski definition) is 2. The van der Waals surface area contributed by atoms with Gasteiger partial charge in [-0.05, 0) is 42.4 Å². The second kappa shape index (κ2) is 8.09. The SMILES string of the molecule is Cc1c(NC(=O)[C@@H](Cc2ccccc2)CC(C)(C)C)cnc2c(F)cccc12. The van der Waals surface area contributed by atoms with Gasteiger partial charge in [0.15, 0.2) is 0 Å². The van der Waals surface area contributed by atoms with Crippen LogP contribution in [0.5, 0.6) is 0 Å². The molecule has 3 aromatic rings. The lowest BCUT2D eigenvalue weighted by Crippen LogP contribution is -2.29. The minimum atomic E-state index is -0.354. The van der Waals surface area contributed by atoms with Crippen LogP contribution < -0.4 is 5.32 Å². The van der Waals surface area contributed by atoms with Crippen molar-refractivity contribution >= 4 is 22.5 Å². The number of nitrogens with one attached hydrogen (secondary N) is 1. The number of para-hydroxylation sites is 1. The van der Waals surface area contributed by atoms with E-state index in [9.17, 15) is 9.18 Å². The van der Waals surface area contributed by atoms with Gasteiger partial charge in [0.05, 0.1) is 11.9 Å². The number of aromatic nitrogens is 1. The highest BCUT2D eigenvalue weighted by atomic mass is 19.1. The van der Waals surface area contributed by atoms with Gasteiger partial charge >= 0.3 is 0 Å². The third-order valence-corrected chi connectivity index (χ3v) is 4.93. The molecule has 0 radical (unpaired) electrons. The summed E-state index contributed by atoms with van der Waals surface area (Å²) in [5, 5.41) is 3.76. The molecule has 3 rings (SSSR count). The summed E-state index contributed by atoms with van der Waals surface area (Å²) in [4.78, 5) is 17.4. The molecule has 146 valence electrons. The lowest BCUT2D eigenvalue weighted by atomic mass is 9.81. The Hall–Kier alpha value is -2.75. The van der Waals surface area contributed by atoms with Crippen molar-refractivity contribution in [2.45, 2.75) is 40.5 Å². The first kappa shape index (κ1) is 20.0. The lowest BCUT2D eigenvalue weighted by Gasteiger charge is -2.26. The fourth-order valence-corrected chi connectivity index (χ4v) is 3.58. The number of hydrogen-bond donors (Lipinski definition) is 1. The molecule has 0 spiro atoms. The number of anilines is 1. The van der Waals surface area contributed by atoms with Crippen LogP contribution in [0.4, 0.5) is 10.1 Å². The van der Waals surface area contributed by atoms with Gasteiger partial charge in [-0.1, -0.05) is 63.2 Å². The van der Waals surface area contributed by atoms with E-state index in [1.165, 1.54) is 6.07 Å². The van der Waals surface area contributed by atoms with E-state index in [-0.39, 0.29) is 23.1 Å². The maximum Gasteiger partial charge on any atom is 0.227 e. The molecule has 4 heteroatoms. The number of carbonyl (C=O) groups is 1. The highest BCUT2D eigenvalue weighted by molar-refractivity contribution is 5.96. The lowest BCUT2D eigenvalue weighted by molar-refractivity contribution is -0.120. The summed E-state index contributed by atoms with van der Waals surface area (Å²) in [6.07, 6.45) is 3.00. The number of benzene rings is 2. The average Bonchev–Trinajstić information content (AvgIpc) is 2.64. The van der Waals surface area contributed by atoms with E-state index in [1.54, 1.807) is 12.3 Å². The number of pyridine rings is 1. The predicted octanol–water partition coefficient (Wildman–Crippen LogP) is 5.92. The van der Waals surface area contributed by atoms with Crippen molar-refractivity contribution in [2.75, 3.05) is 5.32 Å². The van der Waals surface area contributed by atoms with Gasteiger partial charge in [-0.3, -0.25) is 9.78 Å². The van der Waals surface area contributed by atoms with Crippen LogP contribution in [0, 0.1) is 24.1 Å². The van der Waals surface area contributed by atoms with E-state index < -0.39 is 0 Å². The number of carbonyl (C=O) groups excluding carboxylic acids is 1. The fourth-order valence-electron chi connectivity index (χ4n) is 3.58. The molecule has 1 amide bonds. The molecular formula is C24H27FN2O. The Bertz CT molecular complexity index is 977. The second-order valence-corrected chi connectivity index (χ2v) is 8.57. The number of amides is 1. The summed E-state index contributed by atoms with van der Waals surface area (Å²) in [5.74, 6) is -0.544. The minimum Gasteiger partial charge on any atom is -0.324 e. The molecule has 0 fully saturated rings. The van der Waals surface area contributed by atoms with Crippen LogP contribution in [0.15, 0.2) is 54.7 Å². The van der Waals surface area contributed by atoms with E-state index in [2.05, 4.69) is 43.2 Å². The quantitative estimate of drug-likeness (QED) is 0.599. The fraction of sp³-hybridized carbons (Fsp3) is 0.333. The van der Waals surface area contributed by atoms with E-state index in [0.717, 1.165) is 17.5 Å². The van der Waals surface area contributed by atoms with E-state index in [0.29, 0.717) is 23.0 Å². The first-order chi connectivity index (χ1) is 13.2. The zero-order chi connectivity index (χ0) is 20.3. The molecule has 0 aliphatic carbocycles. The summed E-state index contributed by atoms with van der Waals surface area (Å²) in [5.41, 5.74) is 2.95. The van der Waals surface area contributed by atoms with Crippen molar-refractivity contribution in [1.29, 1.82) is 0 Å². The Morgan fingerprint density at radius 2 is 1.82 bits per heavy atom. The Morgan fingerprint density at radius 1 is 1.11 bits per heavy atom. The normalized spacial score (nSPS) is 12.8. The molecule has 1 N–H and O–H groups in total. The summed E-state index contributed by atoms with van der Waals surface area (Å²) in [6.45, 7) is 8.31. The second-order valence-electron chi connectivity index (χ2n) is 8.57. The molecule has 0 unspecified atom stereocenters. The number of aryl methyl sites for hydroxylation is 1. The summed E-state index contributed by atoms with van der Waals surface area (Å²) >= 11 is 0. The third kappa shape index (κ3) is 4.75. The average molecular weight is 378 g/mol. The molecule has 1 aromatic heterocycles. The molecule has 0 saturated carbocycles. The van der Waals surface area contributed by atoms with Crippen molar-refractivity contribution in [3.8, 4) is 0 Å². The van der Waals surface area contributed by atoms with Crippen molar-refractivity contribution in [3.63, 3.8) is 0 Å². The highest BCUT2D eigenvalue weighted by Crippen LogP contribution is 2.29. The monoisotopic (exact) mass is 378 g/mol. The molecule has 3 nitrogen and oxygen atoms in total. The van der Waals surface area contributed by atoms with Gasteiger partial charge in [-0.15, -0.1) is 0 Å². The Kier molecular flexibility index (Phi) is 5.78. The summed E-state index contributed by atoms with van der Waals surface area (Å²) < 4.78 is 14.0. The van der Waals surface area contributed by atoms with Gasteiger partial charge < -0.3 is 5.32 Å². The smallest absolute Gasteiger partial charge is 0.227 e. The minimum absolute atomic E-state index is 0.0244. The highest BCUT2D eigenvalue weighted by Gasteiger charge is 2.26. The Morgan fingerprint density at radius 3 is 2.50 bits per heavy atom. The van der Waals surface area contributed by atoms with E-state index in [4.69, 9.17) is 0 Å². The van der Waals surface area contributed by atoms with Gasteiger partial charge in [0, 0.05) is 11.3 Å². The first-order valence-corrected chi connectivity index (χ1v) is 9.63. The number of halogens is 1. The van der Waals surface area contributed by atoms with E-state index >= 15 is 0 Å². The van der Waals surface area contributed by atoms with Gasteiger partial charge in [0.1, 0.15) is 11.3 Å². The zero-order valence-corrected chi connectivity index (χ0v) is 16.9. The van der Waals surface area contributed by atoms with Gasteiger partial charge in [-0.25, -0.2) is 4.39 Å². The van der Waals surface area contributed by atoms with Gasteiger partial charge in [0.2, 0.25) is 5.91 Å². The maximum absolute atomic E-state index is 14.0. The number of rotatable bonds is 5. The maximum atomic E-state index is 14.0. The predicted molar refractivity (Wildman–Crippen MR) is 113 cm³/mol. The van der Waals surface area contributed by atoms with Crippen LogP contribution in [0.3, 0.4) is 0 Å². The van der Waals surface area contributed by atoms with Gasteiger partial charge in [0.25, 0.3) is 0 Å². The third-order valence-electron chi connectivity index (χ3n) is 4.93. The van der Waals surface area contributed by atoms with Crippen LogP contribution in [-0.4, -0.2) is 10.9 Å². The van der Waals surface area contributed by atoms with Gasteiger partial charge in [-0.2, -0.15) is 0 Å². The largest absolute Gasteiger partial charge is 0.324 e. The summed E-state index contributed by atoms with van der Waals surface area (Å²) in [7, 11) is 0. The number of fused-ring (bicyclic) bond motifs is 1. The zero-order valence-electron chi connectivity index (χ0n) is 16.9. The number of nitrogens with zero attached hydrogens (tertiary/aromatic N) is 1. The molecule has 28 heavy (non-hydrogen) atoms. The first-order valence-electron chi connectivity index (χ1n) is 9.63. The van der Waals surface area contributed by atoms with Crippen LogP contribution in [0.2, 0.25) is 0 Å². The molecule has 1 atom stereocenters. The van der Waals surface area contributed by atoms with Crippen molar-refractivity contribution in [2.24, 2.45) is 11.3 Å². The molecule has 0 saturated heterocycles. The van der Waals surface area contributed by atoms with Crippen LogP contribution in [-0.2, 0) is 11.2 Å². The molecule has 0 bridgehead atoms. The Balaban J connectivity index is 1.87. The topological polar surface area (TPSA) is 42.0 Å². The van der Waals surface area contributed by atoms with Crippen LogP contribution >= 0.6 is 0 Å². The molecule has 2 aromatic carbocycles. The molecule has 1 heterocycles.